The van der Waals surface area contributed by atoms with E-state index in [0.717, 1.165) is 0 Å². The molecule has 0 aliphatic carbocycles. The van der Waals surface area contributed by atoms with Crippen molar-refractivity contribution in [2.24, 2.45) is 0 Å². The summed E-state index contributed by atoms with van der Waals surface area (Å²) >= 11 is 17.2. The molecule has 0 unspecified atom stereocenters. The summed E-state index contributed by atoms with van der Waals surface area (Å²) in [5.74, 6) is -1.23. The summed E-state index contributed by atoms with van der Waals surface area (Å²) < 4.78 is 0. The number of hydrogen-bond donors (Lipinski definition) is 3. The van der Waals surface area contributed by atoms with Gasteiger partial charge in [-0.2, -0.15) is 0 Å². The van der Waals surface area contributed by atoms with Crippen molar-refractivity contribution < 1.29 is 19.9 Å². The van der Waals surface area contributed by atoms with Gasteiger partial charge in [0.2, 0.25) is 6.41 Å². The van der Waals surface area contributed by atoms with Gasteiger partial charge in [0.25, 0.3) is 5.91 Å². The fourth-order valence-corrected chi connectivity index (χ4v) is 1.91. The number of carbonyl (C=O) groups excluding carboxylic acids is 2. The van der Waals surface area contributed by atoms with Gasteiger partial charge in [0.1, 0.15) is 11.3 Å². The second kappa shape index (κ2) is 6.81. The number of hydroxylamine groups is 2. The summed E-state index contributed by atoms with van der Waals surface area (Å²) in [6.45, 7) is -0.171. The molecule has 9 heteroatoms. The average Bonchev–Trinajstić information content (AvgIpc) is 2.36. The first-order valence-electron chi connectivity index (χ1n) is 4.94. The molecule has 0 heterocycles. The monoisotopic (exact) mass is 326 g/mol. The number of aromatic hydroxyl groups is 1. The Hall–Kier alpha value is -1.21. The predicted octanol–water partition coefficient (Wildman–Crippen LogP) is 1.93. The van der Waals surface area contributed by atoms with E-state index in [1.165, 1.54) is 6.07 Å². The molecule has 0 radical (unpaired) electrons. The highest BCUT2D eigenvalue weighted by molar-refractivity contribution is 6.45. The van der Waals surface area contributed by atoms with Crippen LogP contribution in [0, 0.1) is 0 Å². The van der Waals surface area contributed by atoms with Crippen LogP contribution in [0.15, 0.2) is 6.07 Å². The van der Waals surface area contributed by atoms with E-state index in [9.17, 15) is 14.7 Å². The van der Waals surface area contributed by atoms with E-state index in [0.29, 0.717) is 5.06 Å². The molecule has 1 aromatic rings. The fourth-order valence-electron chi connectivity index (χ4n) is 1.22. The summed E-state index contributed by atoms with van der Waals surface area (Å²) in [4.78, 5) is 21.9. The highest BCUT2D eigenvalue weighted by Gasteiger charge is 2.20. The Morgan fingerprint density at radius 2 is 2.00 bits per heavy atom. The highest BCUT2D eigenvalue weighted by Crippen LogP contribution is 2.38. The van der Waals surface area contributed by atoms with E-state index in [4.69, 9.17) is 40.0 Å². The Labute approximate surface area is 123 Å². The number of nitrogens with zero attached hydrogens (tertiary/aromatic N) is 1. The number of amides is 2. The minimum absolute atomic E-state index is 0.0197. The van der Waals surface area contributed by atoms with E-state index in [2.05, 4.69) is 5.32 Å². The Morgan fingerprint density at radius 1 is 1.37 bits per heavy atom. The number of carbonyl (C=O) groups is 2. The fraction of sp³-hybridized carbons (Fsp3) is 0.200. The van der Waals surface area contributed by atoms with E-state index < -0.39 is 11.7 Å². The van der Waals surface area contributed by atoms with Crippen LogP contribution in [0.1, 0.15) is 10.4 Å². The number of rotatable bonds is 5. The number of phenolic OH excluding ortho intramolecular Hbond substituents is 1. The van der Waals surface area contributed by atoms with Crippen molar-refractivity contribution in [3.8, 4) is 5.75 Å². The largest absolute Gasteiger partial charge is 0.505 e. The Balaban J connectivity index is 2.85. The van der Waals surface area contributed by atoms with Crippen LogP contribution in [0.5, 0.6) is 5.75 Å². The predicted molar refractivity (Wildman–Crippen MR) is 70.0 cm³/mol. The molecule has 0 aromatic heterocycles. The van der Waals surface area contributed by atoms with Crippen molar-refractivity contribution in [3.05, 3.63) is 26.7 Å². The normalized spacial score (nSPS) is 10.1. The molecule has 0 saturated heterocycles. The van der Waals surface area contributed by atoms with Crippen molar-refractivity contribution in [2.75, 3.05) is 13.1 Å². The summed E-state index contributed by atoms with van der Waals surface area (Å²) in [6, 6.07) is 1.21. The van der Waals surface area contributed by atoms with Crippen molar-refractivity contribution >= 4 is 47.1 Å². The summed E-state index contributed by atoms with van der Waals surface area (Å²) in [6.07, 6.45) is 0.187. The van der Waals surface area contributed by atoms with Gasteiger partial charge in [-0.1, -0.05) is 34.8 Å². The van der Waals surface area contributed by atoms with Gasteiger partial charge in [-0.05, 0) is 6.07 Å². The van der Waals surface area contributed by atoms with Crippen LogP contribution >= 0.6 is 34.8 Å². The van der Waals surface area contributed by atoms with Crippen LogP contribution in [0.4, 0.5) is 0 Å². The first-order valence-corrected chi connectivity index (χ1v) is 6.07. The first-order chi connectivity index (χ1) is 8.88. The number of benzene rings is 1. The molecule has 19 heavy (non-hydrogen) atoms. The number of halogens is 3. The smallest absolute Gasteiger partial charge is 0.256 e. The molecule has 3 N–H and O–H groups in total. The molecule has 104 valence electrons. The van der Waals surface area contributed by atoms with Crippen LogP contribution in [0.25, 0.3) is 0 Å². The molecule has 6 nitrogen and oxygen atoms in total. The SMILES string of the molecule is O=CN(O)CCNC(=O)c1c(O)c(Cl)cc(Cl)c1Cl. The van der Waals surface area contributed by atoms with Crippen molar-refractivity contribution in [1.82, 2.24) is 10.4 Å². The third kappa shape index (κ3) is 3.87. The molecule has 2 amide bonds. The second-order valence-electron chi connectivity index (χ2n) is 3.40. The number of hydrogen-bond acceptors (Lipinski definition) is 4. The van der Waals surface area contributed by atoms with E-state index in [-0.39, 0.29) is 40.1 Å². The number of nitrogens with one attached hydrogen (secondary N) is 1. The average molecular weight is 328 g/mol. The zero-order chi connectivity index (χ0) is 14.6. The van der Waals surface area contributed by atoms with Gasteiger partial charge in [0.15, 0.2) is 0 Å². The zero-order valence-electron chi connectivity index (χ0n) is 9.36. The highest BCUT2D eigenvalue weighted by atomic mass is 35.5. The molecular weight excluding hydrogens is 318 g/mol. The third-order valence-corrected chi connectivity index (χ3v) is 3.20. The van der Waals surface area contributed by atoms with Crippen LogP contribution in [0.2, 0.25) is 15.1 Å². The molecule has 1 rings (SSSR count). The Kier molecular flexibility index (Phi) is 5.68. The maximum atomic E-state index is 11.8. The van der Waals surface area contributed by atoms with Crippen LogP contribution in [0.3, 0.4) is 0 Å². The van der Waals surface area contributed by atoms with Crippen LogP contribution in [-0.4, -0.2) is 40.8 Å². The number of phenols is 1. The molecule has 0 fully saturated rings. The van der Waals surface area contributed by atoms with Gasteiger partial charge in [0.05, 0.1) is 21.6 Å². The van der Waals surface area contributed by atoms with Crippen LogP contribution in [-0.2, 0) is 4.79 Å². The van der Waals surface area contributed by atoms with Gasteiger partial charge >= 0.3 is 0 Å². The molecule has 0 bridgehead atoms. The lowest BCUT2D eigenvalue weighted by Crippen LogP contribution is -2.32. The molecule has 0 spiro atoms. The van der Waals surface area contributed by atoms with Gasteiger partial charge in [-0.15, -0.1) is 0 Å². The zero-order valence-corrected chi connectivity index (χ0v) is 11.6. The lowest BCUT2D eigenvalue weighted by molar-refractivity contribution is -0.149. The molecule has 0 aliphatic heterocycles. The molecule has 0 atom stereocenters. The van der Waals surface area contributed by atoms with Gasteiger partial charge in [0, 0.05) is 6.54 Å². The second-order valence-corrected chi connectivity index (χ2v) is 4.59. The van der Waals surface area contributed by atoms with E-state index in [1.807, 2.05) is 0 Å². The molecule has 0 saturated carbocycles. The van der Waals surface area contributed by atoms with Crippen molar-refractivity contribution in [1.29, 1.82) is 0 Å². The lowest BCUT2D eigenvalue weighted by Gasteiger charge is -2.12. The lowest BCUT2D eigenvalue weighted by atomic mass is 10.2. The Morgan fingerprint density at radius 3 is 2.58 bits per heavy atom. The third-order valence-electron chi connectivity index (χ3n) is 2.12. The van der Waals surface area contributed by atoms with E-state index in [1.54, 1.807) is 0 Å². The summed E-state index contributed by atoms with van der Waals surface area (Å²) in [7, 11) is 0. The first kappa shape index (κ1) is 15.8. The van der Waals surface area contributed by atoms with Crippen LogP contribution < -0.4 is 5.32 Å². The molecule has 0 aliphatic rings. The van der Waals surface area contributed by atoms with E-state index >= 15 is 0 Å². The van der Waals surface area contributed by atoms with Gasteiger partial charge in [-0.3, -0.25) is 14.8 Å². The van der Waals surface area contributed by atoms with Gasteiger partial charge < -0.3 is 10.4 Å². The Bertz CT molecular complexity index is 484. The maximum Gasteiger partial charge on any atom is 0.256 e. The standard InChI is InChI=1S/C10H9Cl3N2O4/c11-5-3-6(12)9(17)7(8(5)13)10(18)14-1-2-15(19)4-16/h3-4,17,19H,1-2H2,(H,14,18). The van der Waals surface area contributed by atoms with Crippen molar-refractivity contribution in [3.63, 3.8) is 0 Å². The van der Waals surface area contributed by atoms with Crippen molar-refractivity contribution in [2.45, 2.75) is 0 Å². The minimum Gasteiger partial charge on any atom is -0.505 e. The maximum absolute atomic E-state index is 11.8. The summed E-state index contributed by atoms with van der Waals surface area (Å²) in [5.41, 5.74) is -0.269. The molecular formula is C10H9Cl3N2O4. The van der Waals surface area contributed by atoms with Gasteiger partial charge in [-0.25, -0.2) is 5.06 Å². The molecule has 1 aromatic carbocycles. The minimum atomic E-state index is -0.730. The topological polar surface area (TPSA) is 89.9 Å². The quantitative estimate of drug-likeness (QED) is 0.334. The summed E-state index contributed by atoms with van der Waals surface area (Å²) in [5, 5.41) is 21.0.